The number of guanidine groups is 1. The van der Waals surface area contributed by atoms with E-state index >= 15 is 0 Å². The van der Waals surface area contributed by atoms with Crippen LogP contribution in [0, 0.1) is 5.41 Å². The van der Waals surface area contributed by atoms with Crippen molar-refractivity contribution in [1.82, 2.24) is 0 Å². The number of anilines is 1. The first kappa shape index (κ1) is 10.2. The van der Waals surface area contributed by atoms with Crippen LogP contribution in [0.15, 0.2) is 24.3 Å². The zero-order valence-corrected chi connectivity index (χ0v) is 7.87. The van der Waals surface area contributed by atoms with E-state index in [1.54, 1.807) is 31.2 Å². The molecule has 1 unspecified atom stereocenters. The molecule has 14 heavy (non-hydrogen) atoms. The molecule has 0 aliphatic carbocycles. The maximum absolute atomic E-state index is 10.4. The predicted molar refractivity (Wildman–Crippen MR) is 56.1 cm³/mol. The van der Waals surface area contributed by atoms with Gasteiger partial charge in [0.25, 0.3) is 0 Å². The molecule has 1 rings (SSSR count). The third-order valence-electron chi connectivity index (χ3n) is 1.87. The molecule has 0 bridgehead atoms. The lowest BCUT2D eigenvalue weighted by Crippen LogP contribution is -2.20. The Hall–Kier alpha value is -1.84. The molecule has 1 aromatic carbocycles. The number of nitrogens with one attached hydrogen (secondary N) is 2. The van der Waals surface area contributed by atoms with E-state index in [1.165, 1.54) is 0 Å². The summed E-state index contributed by atoms with van der Waals surface area (Å²) in [5.41, 5.74) is 6.79. The molecule has 4 N–H and O–H groups in total. The number of benzene rings is 1. The van der Waals surface area contributed by atoms with Crippen LogP contribution in [0.5, 0.6) is 0 Å². The molecule has 4 heteroatoms. The van der Waals surface area contributed by atoms with Gasteiger partial charge >= 0.3 is 0 Å². The number of nitrogens with two attached hydrogens (primary N) is 1. The van der Waals surface area contributed by atoms with E-state index in [9.17, 15) is 4.79 Å². The molecule has 0 fully saturated rings. The second-order valence-electron chi connectivity index (χ2n) is 3.00. The third-order valence-corrected chi connectivity index (χ3v) is 1.87. The van der Waals surface area contributed by atoms with E-state index in [0.29, 0.717) is 0 Å². The molecule has 0 spiro atoms. The van der Waals surface area contributed by atoms with Crippen molar-refractivity contribution >= 4 is 17.9 Å². The van der Waals surface area contributed by atoms with Crippen LogP contribution >= 0.6 is 0 Å². The summed E-state index contributed by atoms with van der Waals surface area (Å²) in [5.74, 6) is -0.325. The number of hydrogen-bond donors (Lipinski definition) is 3. The highest BCUT2D eigenvalue weighted by Gasteiger charge is 2.03. The van der Waals surface area contributed by atoms with E-state index in [2.05, 4.69) is 5.32 Å². The maximum atomic E-state index is 10.4. The molecule has 0 aromatic heterocycles. The first-order valence-electron chi connectivity index (χ1n) is 4.22. The minimum absolute atomic E-state index is 0.104. The zero-order valence-electron chi connectivity index (χ0n) is 7.87. The summed E-state index contributed by atoms with van der Waals surface area (Å²) in [6, 6.07) is 7.15. The van der Waals surface area contributed by atoms with Crippen molar-refractivity contribution in [3.05, 3.63) is 29.8 Å². The van der Waals surface area contributed by atoms with Gasteiger partial charge in [0.2, 0.25) is 6.29 Å². The normalized spacial score (nSPS) is 11.8. The van der Waals surface area contributed by atoms with Crippen molar-refractivity contribution in [2.45, 2.75) is 12.8 Å². The van der Waals surface area contributed by atoms with Gasteiger partial charge in [0, 0.05) is 11.6 Å². The number of rotatable bonds is 3. The van der Waals surface area contributed by atoms with Crippen molar-refractivity contribution in [1.29, 1.82) is 5.41 Å². The van der Waals surface area contributed by atoms with Gasteiger partial charge in [-0.3, -0.25) is 10.2 Å². The molecule has 0 saturated heterocycles. The van der Waals surface area contributed by atoms with Crippen molar-refractivity contribution in [3.63, 3.8) is 0 Å². The number of hydrogen-bond acceptors (Lipinski definition) is 2. The van der Waals surface area contributed by atoms with Gasteiger partial charge in [-0.1, -0.05) is 19.1 Å². The van der Waals surface area contributed by atoms with Crippen molar-refractivity contribution in [3.8, 4) is 0 Å². The molecule has 0 amide bonds. The largest absolute Gasteiger partial charge is 0.370 e. The summed E-state index contributed by atoms with van der Waals surface area (Å²) >= 11 is 0. The molecule has 1 radical (unpaired) electrons. The summed E-state index contributed by atoms with van der Waals surface area (Å²) in [6.45, 7) is 1.78. The van der Waals surface area contributed by atoms with Crippen LogP contribution in [-0.2, 0) is 4.79 Å². The van der Waals surface area contributed by atoms with Crippen LogP contribution in [0.25, 0.3) is 0 Å². The fourth-order valence-corrected chi connectivity index (χ4v) is 1.08. The summed E-state index contributed by atoms with van der Waals surface area (Å²) in [5, 5.41) is 9.66. The van der Waals surface area contributed by atoms with Crippen molar-refractivity contribution < 1.29 is 4.79 Å². The Morgan fingerprint density at radius 1 is 1.50 bits per heavy atom. The molecule has 4 nitrogen and oxygen atoms in total. The van der Waals surface area contributed by atoms with Gasteiger partial charge < -0.3 is 11.1 Å². The Balaban J connectivity index is 2.78. The topological polar surface area (TPSA) is 79.0 Å². The van der Waals surface area contributed by atoms with Crippen LogP contribution in [0.4, 0.5) is 5.69 Å². The van der Waals surface area contributed by atoms with Crippen LogP contribution in [0.3, 0.4) is 0 Å². The quantitative estimate of drug-likeness (QED) is 0.495. The van der Waals surface area contributed by atoms with E-state index in [0.717, 1.165) is 11.3 Å². The SMILES string of the molecule is CC([C]=O)c1ccc(NC(=N)N)cc1. The first-order valence-corrected chi connectivity index (χ1v) is 4.22. The average molecular weight is 190 g/mol. The molecule has 1 aromatic rings. The Kier molecular flexibility index (Phi) is 3.23. The van der Waals surface area contributed by atoms with Gasteiger partial charge in [-0.15, -0.1) is 0 Å². The molecular weight excluding hydrogens is 178 g/mol. The lowest BCUT2D eigenvalue weighted by molar-refractivity contribution is 0.546. The second kappa shape index (κ2) is 4.41. The van der Waals surface area contributed by atoms with Gasteiger partial charge in [-0.05, 0) is 17.7 Å². The smallest absolute Gasteiger partial charge is 0.206 e. The van der Waals surface area contributed by atoms with Crippen LogP contribution in [0.1, 0.15) is 18.4 Å². The van der Waals surface area contributed by atoms with E-state index < -0.39 is 0 Å². The Bertz CT molecular complexity index is 332. The Morgan fingerprint density at radius 2 is 2.07 bits per heavy atom. The highest BCUT2D eigenvalue weighted by molar-refractivity contribution is 5.89. The van der Waals surface area contributed by atoms with Crippen molar-refractivity contribution in [2.24, 2.45) is 5.73 Å². The van der Waals surface area contributed by atoms with Crippen LogP contribution in [-0.4, -0.2) is 12.2 Å². The molecule has 0 aliphatic rings. The lowest BCUT2D eigenvalue weighted by atomic mass is 10.0. The fourth-order valence-electron chi connectivity index (χ4n) is 1.08. The van der Waals surface area contributed by atoms with Gasteiger partial charge in [-0.25, -0.2) is 0 Å². The summed E-state index contributed by atoms with van der Waals surface area (Å²) in [6.07, 6.45) is 1.90. The third kappa shape index (κ3) is 2.58. The molecule has 0 heterocycles. The standard InChI is InChI=1S/C10H12N3O/c1-7(6-14)8-2-4-9(5-3-8)13-10(11)12/h2-5,7H,1H3,(H4,11,12,13). The molecule has 0 aliphatic heterocycles. The second-order valence-corrected chi connectivity index (χ2v) is 3.00. The van der Waals surface area contributed by atoms with Gasteiger partial charge in [0.1, 0.15) is 0 Å². The van der Waals surface area contributed by atoms with Crippen molar-refractivity contribution in [2.75, 3.05) is 5.32 Å². The van der Waals surface area contributed by atoms with Gasteiger partial charge in [-0.2, -0.15) is 0 Å². The van der Waals surface area contributed by atoms with Gasteiger partial charge in [0.05, 0.1) is 0 Å². The average Bonchev–Trinajstić information content (AvgIpc) is 2.17. The monoisotopic (exact) mass is 190 g/mol. The minimum atomic E-state index is -0.221. The van der Waals surface area contributed by atoms with E-state index in [4.69, 9.17) is 11.1 Å². The maximum Gasteiger partial charge on any atom is 0.206 e. The zero-order chi connectivity index (χ0) is 10.6. The van der Waals surface area contributed by atoms with Crippen LogP contribution < -0.4 is 11.1 Å². The Labute approximate surface area is 82.6 Å². The molecule has 73 valence electrons. The number of carbonyl (C=O) groups excluding carboxylic acids is 1. The predicted octanol–water partition coefficient (Wildman–Crippen LogP) is 1.21. The highest BCUT2D eigenvalue weighted by Crippen LogP contribution is 2.15. The van der Waals surface area contributed by atoms with E-state index in [1.807, 2.05) is 6.29 Å². The first-order chi connectivity index (χ1) is 6.63. The highest BCUT2D eigenvalue weighted by atomic mass is 16.1. The van der Waals surface area contributed by atoms with E-state index in [-0.39, 0.29) is 11.9 Å². The minimum Gasteiger partial charge on any atom is -0.370 e. The molecular formula is C10H12N3O. The summed E-state index contributed by atoms with van der Waals surface area (Å²) in [7, 11) is 0. The molecule has 0 saturated carbocycles. The molecule has 1 atom stereocenters. The van der Waals surface area contributed by atoms with Crippen LogP contribution in [0.2, 0.25) is 0 Å². The Morgan fingerprint density at radius 3 is 2.50 bits per heavy atom. The summed E-state index contributed by atoms with van der Waals surface area (Å²) < 4.78 is 0. The van der Waals surface area contributed by atoms with Gasteiger partial charge in [0.15, 0.2) is 5.96 Å². The lowest BCUT2D eigenvalue weighted by Gasteiger charge is -2.06. The fraction of sp³-hybridized carbons (Fsp3) is 0.200. The summed E-state index contributed by atoms with van der Waals surface area (Å²) in [4.78, 5) is 10.4.